The summed E-state index contributed by atoms with van der Waals surface area (Å²) in [7, 11) is 3.30. The number of benzene rings is 1. The molecule has 0 heterocycles. The number of rotatable bonds is 4. The number of phenols is 1. The molecule has 0 unspecified atom stereocenters. The van der Waals surface area contributed by atoms with Gasteiger partial charge in [0.25, 0.3) is 0 Å². The van der Waals surface area contributed by atoms with Crippen LogP contribution in [0.1, 0.15) is 16.8 Å². The van der Waals surface area contributed by atoms with Gasteiger partial charge in [0.1, 0.15) is 5.75 Å². The highest BCUT2D eigenvalue weighted by molar-refractivity contribution is 14.1. The molecule has 1 N–H and O–H groups in total. The molecule has 15 heavy (non-hydrogen) atoms. The Labute approximate surface area is 105 Å². The number of aromatic hydroxyl groups is 1. The molecule has 0 fully saturated rings. The third kappa shape index (κ3) is 3.82. The number of hydrogen-bond acceptors (Lipinski definition) is 3. The van der Waals surface area contributed by atoms with E-state index in [1.165, 1.54) is 6.07 Å². The van der Waals surface area contributed by atoms with Crippen molar-refractivity contribution in [3.8, 4) is 5.75 Å². The number of hydrogen-bond donors (Lipinski definition) is 1. The van der Waals surface area contributed by atoms with Crippen LogP contribution in [0.4, 0.5) is 0 Å². The second-order valence-corrected chi connectivity index (χ2v) is 4.57. The standard InChI is InChI=1S/C10H10IO3Si/c11-8-6-7(2-3-9(8)12)10(13)14-4-1-5-15/h2-3,6,12H,1,4-5H2. The van der Waals surface area contributed by atoms with Crippen molar-refractivity contribution in [1.82, 2.24) is 0 Å². The van der Waals surface area contributed by atoms with Gasteiger partial charge in [-0.1, -0.05) is 6.04 Å². The lowest BCUT2D eigenvalue weighted by Gasteiger charge is -2.04. The average Bonchev–Trinajstić information content (AvgIpc) is 2.22. The number of phenolic OH excluding ortho intramolecular Hbond substituents is 1. The number of carbonyl (C=O) groups excluding carboxylic acids is 1. The van der Waals surface area contributed by atoms with Crippen LogP contribution in [0, 0.1) is 3.57 Å². The molecule has 3 radical (unpaired) electrons. The first-order valence-electron chi connectivity index (χ1n) is 4.45. The Hall–Kier alpha value is -0.563. The van der Waals surface area contributed by atoms with Gasteiger partial charge in [0.15, 0.2) is 0 Å². The summed E-state index contributed by atoms with van der Waals surface area (Å²) in [6.07, 6.45) is 0.789. The van der Waals surface area contributed by atoms with Crippen molar-refractivity contribution < 1.29 is 14.6 Å². The summed E-state index contributed by atoms with van der Waals surface area (Å²) in [5.74, 6) is -0.180. The van der Waals surface area contributed by atoms with E-state index in [1.807, 2.05) is 22.6 Å². The Kier molecular flexibility index (Phi) is 5.10. The van der Waals surface area contributed by atoms with E-state index >= 15 is 0 Å². The van der Waals surface area contributed by atoms with E-state index in [1.54, 1.807) is 12.1 Å². The molecule has 1 rings (SSSR count). The monoisotopic (exact) mass is 333 g/mol. The highest BCUT2D eigenvalue weighted by Gasteiger charge is 2.08. The minimum atomic E-state index is -0.354. The maximum Gasteiger partial charge on any atom is 0.338 e. The largest absolute Gasteiger partial charge is 0.507 e. The van der Waals surface area contributed by atoms with Crippen molar-refractivity contribution in [2.75, 3.05) is 6.61 Å². The molecule has 0 aromatic heterocycles. The van der Waals surface area contributed by atoms with Crippen LogP contribution >= 0.6 is 22.6 Å². The topological polar surface area (TPSA) is 46.5 Å². The summed E-state index contributed by atoms with van der Waals surface area (Å²) in [5.41, 5.74) is 0.464. The van der Waals surface area contributed by atoms with Crippen molar-refractivity contribution in [3.05, 3.63) is 27.3 Å². The molecule has 0 aliphatic carbocycles. The summed E-state index contributed by atoms with van der Waals surface area (Å²) in [5, 5.41) is 9.27. The molecule has 0 atom stereocenters. The molecule has 0 aliphatic heterocycles. The first kappa shape index (κ1) is 12.5. The molecule has 0 amide bonds. The van der Waals surface area contributed by atoms with Crippen molar-refractivity contribution >= 4 is 38.8 Å². The van der Waals surface area contributed by atoms with Gasteiger partial charge in [0, 0.05) is 10.2 Å². The molecule has 0 saturated carbocycles. The molecule has 1 aromatic rings. The van der Waals surface area contributed by atoms with Crippen molar-refractivity contribution in [3.63, 3.8) is 0 Å². The lowest BCUT2D eigenvalue weighted by molar-refractivity contribution is 0.0505. The predicted molar refractivity (Wildman–Crippen MR) is 66.3 cm³/mol. The van der Waals surface area contributed by atoms with Gasteiger partial charge in [-0.25, -0.2) is 4.79 Å². The van der Waals surface area contributed by atoms with Gasteiger partial charge in [0.05, 0.1) is 15.7 Å². The minimum absolute atomic E-state index is 0.173. The molecule has 1 aromatic carbocycles. The summed E-state index contributed by atoms with van der Waals surface area (Å²) < 4.78 is 5.65. The van der Waals surface area contributed by atoms with Crippen LogP contribution in [0.3, 0.4) is 0 Å². The minimum Gasteiger partial charge on any atom is -0.507 e. The summed E-state index contributed by atoms with van der Waals surface area (Å²) in [6, 6.07) is 5.45. The molecule has 0 bridgehead atoms. The maximum atomic E-state index is 11.5. The zero-order valence-corrected chi connectivity index (χ0v) is 11.2. The second-order valence-electron chi connectivity index (χ2n) is 2.91. The van der Waals surface area contributed by atoms with Crippen LogP contribution in [-0.4, -0.2) is 27.9 Å². The van der Waals surface area contributed by atoms with E-state index in [9.17, 15) is 9.90 Å². The lowest BCUT2D eigenvalue weighted by Crippen LogP contribution is -2.06. The first-order valence-corrected chi connectivity index (χ1v) is 6.24. The third-order valence-corrected chi connectivity index (χ3v) is 2.96. The van der Waals surface area contributed by atoms with E-state index in [2.05, 4.69) is 10.2 Å². The van der Waals surface area contributed by atoms with Crippen molar-refractivity contribution in [2.45, 2.75) is 12.5 Å². The van der Waals surface area contributed by atoms with Crippen LogP contribution in [0.2, 0.25) is 6.04 Å². The zero-order valence-electron chi connectivity index (χ0n) is 8.00. The molecular weight excluding hydrogens is 323 g/mol. The summed E-state index contributed by atoms with van der Waals surface area (Å²) in [4.78, 5) is 11.5. The highest BCUT2D eigenvalue weighted by atomic mass is 127. The Bertz CT molecular complexity index is 355. The van der Waals surface area contributed by atoms with E-state index < -0.39 is 0 Å². The first-order chi connectivity index (χ1) is 7.15. The maximum absolute atomic E-state index is 11.5. The molecule has 0 saturated heterocycles. The van der Waals surface area contributed by atoms with Crippen LogP contribution in [0.25, 0.3) is 0 Å². The van der Waals surface area contributed by atoms with Crippen LogP contribution in [0.5, 0.6) is 5.75 Å². The van der Waals surface area contributed by atoms with Gasteiger partial charge in [-0.05, 0) is 47.2 Å². The zero-order chi connectivity index (χ0) is 11.3. The molecule has 0 aliphatic rings. The Morgan fingerprint density at radius 1 is 1.53 bits per heavy atom. The molecular formula is C10H10IO3Si. The molecule has 3 nitrogen and oxygen atoms in total. The normalized spacial score (nSPS) is 10.0. The van der Waals surface area contributed by atoms with E-state index in [0.717, 1.165) is 12.5 Å². The number of carbonyl (C=O) groups is 1. The fraction of sp³-hybridized carbons (Fsp3) is 0.300. The predicted octanol–water partition coefficient (Wildman–Crippen LogP) is 2.13. The summed E-state index contributed by atoms with van der Waals surface area (Å²) in [6.45, 7) is 0.403. The Morgan fingerprint density at radius 3 is 2.87 bits per heavy atom. The smallest absolute Gasteiger partial charge is 0.338 e. The van der Waals surface area contributed by atoms with Crippen LogP contribution < -0.4 is 0 Å². The van der Waals surface area contributed by atoms with Crippen molar-refractivity contribution in [2.24, 2.45) is 0 Å². The van der Waals surface area contributed by atoms with E-state index in [4.69, 9.17) is 4.74 Å². The highest BCUT2D eigenvalue weighted by Crippen LogP contribution is 2.20. The summed E-state index contributed by atoms with van der Waals surface area (Å²) >= 11 is 1.96. The van der Waals surface area contributed by atoms with E-state index in [-0.39, 0.29) is 11.7 Å². The molecule has 5 heteroatoms. The Balaban J connectivity index is 2.62. The quantitative estimate of drug-likeness (QED) is 0.397. The Morgan fingerprint density at radius 2 is 2.27 bits per heavy atom. The second kappa shape index (κ2) is 6.11. The van der Waals surface area contributed by atoms with Crippen LogP contribution in [-0.2, 0) is 4.74 Å². The van der Waals surface area contributed by atoms with Crippen LogP contribution in [0.15, 0.2) is 18.2 Å². The van der Waals surface area contributed by atoms with Gasteiger partial charge in [-0.2, -0.15) is 0 Å². The van der Waals surface area contributed by atoms with Gasteiger partial charge in [-0.15, -0.1) is 0 Å². The number of esters is 1. The molecule has 0 spiro atoms. The average molecular weight is 333 g/mol. The van der Waals surface area contributed by atoms with Gasteiger partial charge in [-0.3, -0.25) is 0 Å². The van der Waals surface area contributed by atoms with Gasteiger partial charge < -0.3 is 9.84 Å². The lowest BCUT2D eigenvalue weighted by atomic mass is 10.2. The van der Waals surface area contributed by atoms with Crippen molar-refractivity contribution in [1.29, 1.82) is 0 Å². The third-order valence-electron chi connectivity index (χ3n) is 1.74. The fourth-order valence-corrected chi connectivity index (χ4v) is 1.61. The van der Waals surface area contributed by atoms with E-state index in [0.29, 0.717) is 15.7 Å². The fourth-order valence-electron chi connectivity index (χ4n) is 0.954. The number of halogens is 1. The SMILES string of the molecule is O=C(OCCC[Si])c1ccc(O)c(I)c1. The van der Waals surface area contributed by atoms with Gasteiger partial charge >= 0.3 is 5.97 Å². The molecule has 79 valence electrons. The van der Waals surface area contributed by atoms with Gasteiger partial charge in [0.2, 0.25) is 0 Å². The number of ether oxygens (including phenoxy) is 1.